The predicted molar refractivity (Wildman–Crippen MR) is 58.1 cm³/mol. The molecule has 7 heteroatoms. The summed E-state index contributed by atoms with van der Waals surface area (Å²) in [4.78, 5) is 25.2. The number of aromatic carboxylic acids is 1. The third-order valence-corrected chi connectivity index (χ3v) is 2.47. The van der Waals surface area contributed by atoms with Gasteiger partial charge in [-0.2, -0.15) is 0 Å². The van der Waals surface area contributed by atoms with Crippen molar-refractivity contribution in [2.45, 2.75) is 0 Å². The number of H-pyrrole nitrogens is 1. The highest BCUT2D eigenvalue weighted by Gasteiger charge is 2.18. The summed E-state index contributed by atoms with van der Waals surface area (Å²) in [5.74, 6) is -1.28. The van der Waals surface area contributed by atoms with E-state index in [4.69, 9.17) is 5.11 Å². The van der Waals surface area contributed by atoms with Crippen molar-refractivity contribution in [2.24, 2.45) is 0 Å². The summed E-state index contributed by atoms with van der Waals surface area (Å²) in [6, 6.07) is 6.96. The van der Waals surface area contributed by atoms with Crippen LogP contribution < -0.4 is 5.56 Å². The number of carboxylic acid groups (broad SMARTS) is 1. The van der Waals surface area contributed by atoms with Crippen LogP contribution in [0.1, 0.15) is 10.5 Å². The lowest BCUT2D eigenvalue weighted by Gasteiger charge is -1.99. The fourth-order valence-corrected chi connectivity index (χ4v) is 1.74. The second-order valence-electron chi connectivity index (χ2n) is 3.47. The smallest absolute Gasteiger partial charge is 0.358 e. The number of nitrogens with one attached hydrogen (secondary N) is 1. The number of rotatable bonds is 1. The van der Waals surface area contributed by atoms with Gasteiger partial charge in [0.25, 0.3) is 5.56 Å². The summed E-state index contributed by atoms with van der Waals surface area (Å²) in [6.07, 6.45) is 0. The van der Waals surface area contributed by atoms with E-state index in [1.54, 1.807) is 24.3 Å². The van der Waals surface area contributed by atoms with Gasteiger partial charge in [0, 0.05) is 0 Å². The first-order chi connectivity index (χ1) is 8.18. The average Bonchev–Trinajstić information content (AvgIpc) is 2.74. The number of carboxylic acids is 1. The number of aromatic nitrogens is 4. The van der Waals surface area contributed by atoms with Crippen molar-refractivity contribution in [3.05, 3.63) is 40.3 Å². The van der Waals surface area contributed by atoms with E-state index in [1.807, 2.05) is 0 Å². The van der Waals surface area contributed by atoms with Crippen LogP contribution in [-0.4, -0.2) is 30.9 Å². The van der Waals surface area contributed by atoms with E-state index in [9.17, 15) is 9.59 Å². The number of hydrogen-bond acceptors (Lipinski definition) is 4. The molecule has 2 N–H and O–H groups in total. The van der Waals surface area contributed by atoms with Gasteiger partial charge in [-0.15, -0.1) is 5.10 Å². The Morgan fingerprint density at radius 3 is 2.88 bits per heavy atom. The largest absolute Gasteiger partial charge is 0.476 e. The van der Waals surface area contributed by atoms with E-state index in [0.29, 0.717) is 11.0 Å². The minimum absolute atomic E-state index is 0.0591. The fraction of sp³-hybridized carbons (Fsp3) is 0. The van der Waals surface area contributed by atoms with Crippen molar-refractivity contribution < 1.29 is 9.90 Å². The van der Waals surface area contributed by atoms with E-state index >= 15 is 0 Å². The topological polar surface area (TPSA) is 100 Å². The third kappa shape index (κ3) is 1.22. The van der Waals surface area contributed by atoms with E-state index < -0.39 is 11.5 Å². The Bertz CT molecular complexity index is 802. The Labute approximate surface area is 93.3 Å². The van der Waals surface area contributed by atoms with Gasteiger partial charge >= 0.3 is 5.97 Å². The maximum Gasteiger partial charge on any atom is 0.358 e. The Morgan fingerprint density at radius 2 is 2.12 bits per heavy atom. The molecule has 84 valence electrons. The first-order valence-corrected chi connectivity index (χ1v) is 4.78. The van der Waals surface area contributed by atoms with Gasteiger partial charge in [-0.1, -0.05) is 17.3 Å². The van der Waals surface area contributed by atoms with Crippen LogP contribution in [-0.2, 0) is 0 Å². The van der Waals surface area contributed by atoms with Gasteiger partial charge in [0.1, 0.15) is 0 Å². The highest BCUT2D eigenvalue weighted by atomic mass is 16.4. The summed E-state index contributed by atoms with van der Waals surface area (Å²) in [6.45, 7) is 0. The van der Waals surface area contributed by atoms with Gasteiger partial charge in [0.15, 0.2) is 5.52 Å². The van der Waals surface area contributed by atoms with Gasteiger partial charge in [-0.25, -0.2) is 9.31 Å². The number of nitrogens with zero attached hydrogens (tertiary/aromatic N) is 3. The number of hydrogen-bond donors (Lipinski definition) is 2. The van der Waals surface area contributed by atoms with Gasteiger partial charge in [0.2, 0.25) is 5.69 Å². The molecule has 0 bridgehead atoms. The average molecular weight is 230 g/mol. The first-order valence-electron chi connectivity index (χ1n) is 4.78. The zero-order valence-corrected chi connectivity index (χ0v) is 8.41. The molecule has 0 amide bonds. The molecule has 0 aliphatic carbocycles. The molecule has 0 aliphatic heterocycles. The van der Waals surface area contributed by atoms with Gasteiger partial charge < -0.3 is 10.1 Å². The van der Waals surface area contributed by atoms with E-state index in [1.165, 1.54) is 4.52 Å². The van der Waals surface area contributed by atoms with Crippen molar-refractivity contribution in [1.82, 2.24) is 19.8 Å². The molecule has 0 spiro atoms. The molecule has 1 aromatic carbocycles. The molecule has 0 saturated heterocycles. The maximum atomic E-state index is 11.8. The van der Waals surface area contributed by atoms with Crippen LogP contribution in [0.4, 0.5) is 0 Å². The Hall–Kier alpha value is -2.70. The van der Waals surface area contributed by atoms with Crippen LogP contribution in [0.2, 0.25) is 0 Å². The molecule has 0 saturated carbocycles. The summed E-state index contributed by atoms with van der Waals surface area (Å²) >= 11 is 0. The number of carbonyl (C=O) groups is 1. The normalized spacial score (nSPS) is 11.1. The lowest BCUT2D eigenvalue weighted by molar-refractivity contribution is 0.0692. The third-order valence-electron chi connectivity index (χ3n) is 2.47. The van der Waals surface area contributed by atoms with Gasteiger partial charge in [-0.05, 0) is 12.1 Å². The molecule has 0 radical (unpaired) electrons. The highest BCUT2D eigenvalue weighted by molar-refractivity contribution is 5.94. The SMILES string of the molecule is O=C(O)c1nnn2c1c(=O)[nH]c1ccccc12. The van der Waals surface area contributed by atoms with Gasteiger partial charge in [-0.3, -0.25) is 4.79 Å². The molecule has 3 aromatic rings. The molecule has 2 heterocycles. The summed E-state index contributed by atoms with van der Waals surface area (Å²) in [5.41, 5.74) is 0.244. The predicted octanol–water partition coefficient (Wildman–Crippen LogP) is 0.269. The van der Waals surface area contributed by atoms with Crippen molar-refractivity contribution in [3.8, 4) is 0 Å². The number of benzene rings is 1. The molecule has 3 rings (SSSR count). The van der Waals surface area contributed by atoms with Crippen LogP contribution in [0, 0.1) is 0 Å². The lowest BCUT2D eigenvalue weighted by Crippen LogP contribution is -2.13. The summed E-state index contributed by atoms with van der Waals surface area (Å²) < 4.78 is 1.23. The Kier molecular flexibility index (Phi) is 1.76. The van der Waals surface area contributed by atoms with Crippen molar-refractivity contribution in [1.29, 1.82) is 0 Å². The molecule has 7 nitrogen and oxygen atoms in total. The molecule has 2 aromatic heterocycles. The van der Waals surface area contributed by atoms with Crippen molar-refractivity contribution >= 4 is 22.5 Å². The second kappa shape index (κ2) is 3.14. The molecule has 0 atom stereocenters. The minimum atomic E-state index is -1.28. The molecular formula is C10H6N4O3. The number of aromatic amines is 1. The number of para-hydroxylation sites is 2. The maximum absolute atomic E-state index is 11.8. The Morgan fingerprint density at radius 1 is 1.35 bits per heavy atom. The quantitative estimate of drug-likeness (QED) is 0.624. The minimum Gasteiger partial charge on any atom is -0.476 e. The standard InChI is InChI=1S/C10H6N4O3/c15-9-8-7(10(16)17)12-13-14(8)6-4-2-1-3-5(6)11-9/h1-4H,(H,11,15)(H,16,17). The van der Waals surface area contributed by atoms with Crippen LogP contribution in [0.25, 0.3) is 16.6 Å². The van der Waals surface area contributed by atoms with Crippen LogP contribution in [0.3, 0.4) is 0 Å². The monoisotopic (exact) mass is 230 g/mol. The van der Waals surface area contributed by atoms with Crippen molar-refractivity contribution in [2.75, 3.05) is 0 Å². The summed E-state index contributed by atoms with van der Waals surface area (Å²) in [5, 5.41) is 16.1. The molecule has 0 fully saturated rings. The van der Waals surface area contributed by atoms with Crippen molar-refractivity contribution in [3.63, 3.8) is 0 Å². The number of fused-ring (bicyclic) bond motifs is 3. The highest BCUT2D eigenvalue weighted by Crippen LogP contribution is 2.11. The van der Waals surface area contributed by atoms with Crippen LogP contribution in [0.15, 0.2) is 29.1 Å². The summed E-state index contributed by atoms with van der Waals surface area (Å²) in [7, 11) is 0. The van der Waals surface area contributed by atoms with E-state index in [-0.39, 0.29) is 11.2 Å². The fourth-order valence-electron chi connectivity index (χ4n) is 1.74. The molecule has 0 unspecified atom stereocenters. The van der Waals surface area contributed by atoms with Gasteiger partial charge in [0.05, 0.1) is 11.0 Å². The van der Waals surface area contributed by atoms with E-state index in [2.05, 4.69) is 15.3 Å². The van der Waals surface area contributed by atoms with E-state index in [0.717, 1.165) is 0 Å². The molecular weight excluding hydrogens is 224 g/mol. The Balaban J connectivity index is 2.61. The first kappa shape index (κ1) is 9.52. The lowest BCUT2D eigenvalue weighted by atomic mass is 10.3. The zero-order chi connectivity index (χ0) is 12.0. The molecule has 17 heavy (non-hydrogen) atoms. The van der Waals surface area contributed by atoms with Crippen LogP contribution in [0.5, 0.6) is 0 Å². The second-order valence-corrected chi connectivity index (χ2v) is 3.47. The molecule has 0 aliphatic rings. The zero-order valence-electron chi connectivity index (χ0n) is 8.41. The van der Waals surface area contributed by atoms with Crippen LogP contribution >= 0.6 is 0 Å².